The van der Waals surface area contributed by atoms with Gasteiger partial charge in [0.25, 0.3) is 11.6 Å². The van der Waals surface area contributed by atoms with E-state index in [1.165, 1.54) is 21.7 Å². The predicted molar refractivity (Wildman–Crippen MR) is 64.3 cm³/mol. The fourth-order valence-corrected chi connectivity index (χ4v) is 1.72. The first-order chi connectivity index (χ1) is 7.82. The SMILES string of the molecule is CC(Cl)CN(C)C(=O)c1cc([N+](=O)[O-])cn1C. The summed E-state index contributed by atoms with van der Waals surface area (Å²) >= 11 is 5.79. The van der Waals surface area contributed by atoms with E-state index in [2.05, 4.69) is 0 Å². The number of halogens is 1. The van der Waals surface area contributed by atoms with E-state index < -0.39 is 4.92 Å². The Morgan fingerprint density at radius 2 is 2.29 bits per heavy atom. The van der Waals surface area contributed by atoms with Crippen LogP contribution in [0.15, 0.2) is 12.3 Å². The Labute approximate surface area is 104 Å². The van der Waals surface area contributed by atoms with Gasteiger partial charge in [-0.05, 0) is 6.92 Å². The zero-order valence-electron chi connectivity index (χ0n) is 9.88. The average Bonchev–Trinajstić information content (AvgIpc) is 2.58. The van der Waals surface area contributed by atoms with E-state index in [1.54, 1.807) is 21.0 Å². The molecule has 0 aliphatic rings. The van der Waals surface area contributed by atoms with Crippen molar-refractivity contribution >= 4 is 23.2 Å². The number of hydrogen-bond donors (Lipinski definition) is 0. The summed E-state index contributed by atoms with van der Waals surface area (Å²) in [6.07, 6.45) is 1.31. The second-order valence-corrected chi connectivity index (χ2v) is 4.66. The first-order valence-electron chi connectivity index (χ1n) is 5.03. The second kappa shape index (κ2) is 5.18. The number of hydrogen-bond acceptors (Lipinski definition) is 3. The molecule has 0 N–H and O–H groups in total. The number of nitro groups is 1. The Bertz CT molecular complexity index is 442. The number of aryl methyl sites for hydroxylation is 1. The topological polar surface area (TPSA) is 68.4 Å². The number of rotatable bonds is 4. The molecule has 1 heterocycles. The van der Waals surface area contributed by atoms with Crippen LogP contribution in [-0.4, -0.2) is 39.3 Å². The third-order valence-electron chi connectivity index (χ3n) is 2.29. The molecule has 1 aromatic heterocycles. The summed E-state index contributed by atoms with van der Waals surface area (Å²) in [4.78, 5) is 23.5. The Balaban J connectivity index is 2.92. The zero-order valence-corrected chi connectivity index (χ0v) is 10.6. The first kappa shape index (κ1) is 13.5. The van der Waals surface area contributed by atoms with Gasteiger partial charge in [0.15, 0.2) is 0 Å². The van der Waals surface area contributed by atoms with Crippen molar-refractivity contribution in [2.75, 3.05) is 13.6 Å². The van der Waals surface area contributed by atoms with Crippen LogP contribution >= 0.6 is 11.6 Å². The molecule has 0 aliphatic heterocycles. The van der Waals surface area contributed by atoms with Crippen LogP contribution < -0.4 is 0 Å². The van der Waals surface area contributed by atoms with E-state index in [1.807, 2.05) is 0 Å². The van der Waals surface area contributed by atoms with Crippen LogP contribution in [0.3, 0.4) is 0 Å². The molecule has 1 atom stereocenters. The molecule has 94 valence electrons. The van der Waals surface area contributed by atoms with Crippen LogP contribution in [0.4, 0.5) is 5.69 Å². The fourth-order valence-electron chi connectivity index (χ4n) is 1.52. The Morgan fingerprint density at radius 3 is 2.71 bits per heavy atom. The van der Waals surface area contributed by atoms with Gasteiger partial charge in [0.05, 0.1) is 11.1 Å². The van der Waals surface area contributed by atoms with Gasteiger partial charge in [0, 0.05) is 32.1 Å². The number of nitrogens with zero attached hydrogens (tertiary/aromatic N) is 3. The quantitative estimate of drug-likeness (QED) is 0.469. The van der Waals surface area contributed by atoms with Gasteiger partial charge in [-0.1, -0.05) is 0 Å². The molecule has 0 fully saturated rings. The summed E-state index contributed by atoms with van der Waals surface area (Å²) in [5.74, 6) is -0.284. The summed E-state index contributed by atoms with van der Waals surface area (Å²) in [5.41, 5.74) is 0.180. The van der Waals surface area contributed by atoms with Crippen LogP contribution in [-0.2, 0) is 7.05 Å². The van der Waals surface area contributed by atoms with Crippen LogP contribution in [0.25, 0.3) is 0 Å². The normalized spacial score (nSPS) is 12.2. The largest absolute Gasteiger partial charge is 0.340 e. The molecule has 1 amide bonds. The highest BCUT2D eigenvalue weighted by Gasteiger charge is 2.20. The van der Waals surface area contributed by atoms with E-state index >= 15 is 0 Å². The van der Waals surface area contributed by atoms with Crippen molar-refractivity contribution in [2.24, 2.45) is 7.05 Å². The molecule has 0 saturated carbocycles. The number of alkyl halides is 1. The van der Waals surface area contributed by atoms with Gasteiger partial charge < -0.3 is 9.47 Å². The maximum Gasteiger partial charge on any atom is 0.287 e. The molecule has 0 aliphatic carbocycles. The Morgan fingerprint density at radius 1 is 1.71 bits per heavy atom. The van der Waals surface area contributed by atoms with Crippen molar-refractivity contribution in [1.29, 1.82) is 0 Å². The second-order valence-electron chi connectivity index (χ2n) is 3.92. The highest BCUT2D eigenvalue weighted by atomic mass is 35.5. The van der Waals surface area contributed by atoms with Crippen LogP contribution in [0.2, 0.25) is 0 Å². The standard InChI is InChI=1S/C10H14ClN3O3/c1-7(11)5-13(3)10(15)9-4-8(14(16)17)6-12(9)2/h4,6-7H,5H2,1-3H3. The molecule has 0 aromatic carbocycles. The van der Waals surface area contributed by atoms with Crippen molar-refractivity contribution in [3.8, 4) is 0 Å². The van der Waals surface area contributed by atoms with Crippen LogP contribution in [0.1, 0.15) is 17.4 Å². The lowest BCUT2D eigenvalue weighted by molar-refractivity contribution is -0.384. The summed E-state index contributed by atoms with van der Waals surface area (Å²) in [7, 11) is 3.21. The number of aromatic nitrogens is 1. The van der Waals surface area contributed by atoms with Gasteiger partial charge >= 0.3 is 0 Å². The molecule has 0 spiro atoms. The molecule has 0 radical (unpaired) electrons. The molecule has 1 aromatic rings. The van der Waals surface area contributed by atoms with Gasteiger partial charge in [-0.25, -0.2) is 0 Å². The van der Waals surface area contributed by atoms with Gasteiger partial charge in [-0.2, -0.15) is 0 Å². The van der Waals surface area contributed by atoms with Crippen molar-refractivity contribution in [1.82, 2.24) is 9.47 Å². The molecule has 0 saturated heterocycles. The molecular weight excluding hydrogens is 246 g/mol. The van der Waals surface area contributed by atoms with Gasteiger partial charge in [-0.15, -0.1) is 11.6 Å². The lowest BCUT2D eigenvalue weighted by Gasteiger charge is -2.18. The lowest BCUT2D eigenvalue weighted by Crippen LogP contribution is -2.32. The number of carbonyl (C=O) groups excluding carboxylic acids is 1. The van der Waals surface area contributed by atoms with Crippen molar-refractivity contribution < 1.29 is 9.72 Å². The van der Waals surface area contributed by atoms with E-state index in [0.29, 0.717) is 6.54 Å². The smallest absolute Gasteiger partial charge is 0.287 e. The minimum absolute atomic E-state index is 0.0943. The monoisotopic (exact) mass is 259 g/mol. The minimum atomic E-state index is -0.527. The number of carbonyl (C=O) groups is 1. The van der Waals surface area contributed by atoms with E-state index in [-0.39, 0.29) is 22.7 Å². The number of amides is 1. The van der Waals surface area contributed by atoms with Crippen LogP contribution in [0, 0.1) is 10.1 Å². The van der Waals surface area contributed by atoms with E-state index in [4.69, 9.17) is 11.6 Å². The third-order valence-corrected chi connectivity index (χ3v) is 2.43. The predicted octanol–water partition coefficient (Wildman–Crippen LogP) is 1.63. The third kappa shape index (κ3) is 3.20. The molecule has 1 unspecified atom stereocenters. The molecule has 7 heteroatoms. The molecule has 17 heavy (non-hydrogen) atoms. The summed E-state index contributed by atoms with van der Waals surface area (Å²) in [6, 6.07) is 1.26. The first-order valence-corrected chi connectivity index (χ1v) is 5.47. The summed E-state index contributed by atoms with van der Waals surface area (Å²) in [5, 5.41) is 10.4. The Hall–Kier alpha value is -1.56. The molecule has 6 nitrogen and oxygen atoms in total. The molecule has 1 rings (SSSR count). The highest BCUT2D eigenvalue weighted by Crippen LogP contribution is 2.16. The summed E-state index contributed by atoms with van der Waals surface area (Å²) in [6.45, 7) is 2.16. The van der Waals surface area contributed by atoms with E-state index in [9.17, 15) is 14.9 Å². The maximum atomic E-state index is 12.0. The lowest BCUT2D eigenvalue weighted by atomic mass is 10.3. The van der Waals surface area contributed by atoms with Gasteiger partial charge in [-0.3, -0.25) is 14.9 Å². The summed E-state index contributed by atoms with van der Waals surface area (Å²) < 4.78 is 1.44. The van der Waals surface area contributed by atoms with Crippen molar-refractivity contribution in [3.05, 3.63) is 28.1 Å². The van der Waals surface area contributed by atoms with Crippen molar-refractivity contribution in [2.45, 2.75) is 12.3 Å². The molecule has 0 bridgehead atoms. The highest BCUT2D eigenvalue weighted by molar-refractivity contribution is 6.20. The van der Waals surface area contributed by atoms with Gasteiger partial charge in [0.1, 0.15) is 5.69 Å². The molecular formula is C10H14ClN3O3. The maximum absolute atomic E-state index is 12.0. The Kier molecular flexibility index (Phi) is 4.11. The minimum Gasteiger partial charge on any atom is -0.340 e. The van der Waals surface area contributed by atoms with E-state index in [0.717, 1.165) is 0 Å². The van der Waals surface area contributed by atoms with Crippen LogP contribution in [0.5, 0.6) is 0 Å². The average molecular weight is 260 g/mol. The zero-order chi connectivity index (χ0) is 13.2. The van der Waals surface area contributed by atoms with Gasteiger partial charge in [0.2, 0.25) is 0 Å². The fraction of sp³-hybridized carbons (Fsp3) is 0.500. The van der Waals surface area contributed by atoms with Crippen molar-refractivity contribution in [3.63, 3.8) is 0 Å².